The van der Waals surface area contributed by atoms with E-state index >= 15 is 0 Å². The number of para-hydroxylation sites is 2. The van der Waals surface area contributed by atoms with E-state index in [1.165, 1.54) is 0 Å². The summed E-state index contributed by atoms with van der Waals surface area (Å²) in [5.74, 6) is 0.810. The molecule has 0 bridgehead atoms. The van der Waals surface area contributed by atoms with Crippen molar-refractivity contribution < 1.29 is 9.53 Å². The Kier molecular flexibility index (Phi) is 7.96. The molecule has 2 atom stereocenters. The molecule has 2 aromatic rings. The van der Waals surface area contributed by atoms with Crippen molar-refractivity contribution in [1.29, 1.82) is 0 Å². The number of rotatable bonds is 4. The highest BCUT2D eigenvalue weighted by Gasteiger charge is 2.27. The zero-order chi connectivity index (χ0) is 15.5. The van der Waals surface area contributed by atoms with Gasteiger partial charge in [0.1, 0.15) is 5.82 Å². The normalized spacial score (nSPS) is 17.4. The number of benzene rings is 1. The van der Waals surface area contributed by atoms with Crippen LogP contribution in [-0.4, -0.2) is 35.1 Å². The Hall–Kier alpha value is -1.34. The molecule has 0 aliphatic carbocycles. The number of aromatic nitrogens is 2. The topological polar surface area (TPSA) is 93.0 Å². The number of fused-ring (bicyclic) bond motifs is 1. The summed E-state index contributed by atoms with van der Waals surface area (Å²) in [7, 11) is 0. The van der Waals surface area contributed by atoms with E-state index in [4.69, 9.17) is 10.5 Å². The molecule has 1 saturated heterocycles. The second-order valence-corrected chi connectivity index (χ2v) is 5.85. The average molecular weight is 375 g/mol. The van der Waals surface area contributed by atoms with E-state index in [2.05, 4.69) is 15.3 Å². The molecule has 1 aromatic heterocycles. The van der Waals surface area contributed by atoms with Gasteiger partial charge in [0.05, 0.1) is 23.1 Å². The maximum absolute atomic E-state index is 12.3. The Balaban J connectivity index is 0.00000144. The molecule has 1 amide bonds. The van der Waals surface area contributed by atoms with Gasteiger partial charge in [-0.25, -0.2) is 4.98 Å². The molecule has 1 aliphatic heterocycles. The largest absolute Gasteiger partial charge is 0.381 e. The molecule has 1 aliphatic rings. The van der Waals surface area contributed by atoms with Gasteiger partial charge >= 0.3 is 0 Å². The van der Waals surface area contributed by atoms with Gasteiger partial charge in [0, 0.05) is 13.2 Å². The summed E-state index contributed by atoms with van der Waals surface area (Å²) in [4.78, 5) is 20.1. The molecule has 1 aromatic carbocycles. The lowest BCUT2D eigenvalue weighted by atomic mass is 9.91. The molecule has 0 saturated carbocycles. The molecule has 0 radical (unpaired) electrons. The fraction of sp³-hybridized carbons (Fsp3) is 0.500. The van der Waals surface area contributed by atoms with Gasteiger partial charge in [-0.15, -0.1) is 24.8 Å². The van der Waals surface area contributed by atoms with Gasteiger partial charge in [-0.1, -0.05) is 12.1 Å². The van der Waals surface area contributed by atoms with Crippen LogP contribution in [0, 0.1) is 5.92 Å². The zero-order valence-corrected chi connectivity index (χ0v) is 15.2. The monoisotopic (exact) mass is 374 g/mol. The number of imidazole rings is 1. The first kappa shape index (κ1) is 20.7. The Labute approximate surface area is 153 Å². The smallest absolute Gasteiger partial charge is 0.237 e. The third-order valence-corrected chi connectivity index (χ3v) is 4.25. The Morgan fingerprint density at radius 2 is 2.00 bits per heavy atom. The van der Waals surface area contributed by atoms with Gasteiger partial charge < -0.3 is 20.8 Å². The van der Waals surface area contributed by atoms with Crippen LogP contribution in [-0.2, 0) is 9.53 Å². The van der Waals surface area contributed by atoms with Crippen molar-refractivity contribution in [2.45, 2.75) is 31.8 Å². The minimum absolute atomic E-state index is 0. The number of hydrogen-bond donors (Lipinski definition) is 3. The Morgan fingerprint density at radius 3 is 2.67 bits per heavy atom. The molecule has 1 fully saturated rings. The molecule has 8 heteroatoms. The van der Waals surface area contributed by atoms with Gasteiger partial charge in [-0.3, -0.25) is 4.79 Å². The number of hydrogen-bond acceptors (Lipinski definition) is 4. The third kappa shape index (κ3) is 4.60. The number of halogens is 2. The van der Waals surface area contributed by atoms with Crippen molar-refractivity contribution in [3.63, 3.8) is 0 Å². The lowest BCUT2D eigenvalue weighted by Gasteiger charge is -2.27. The molecule has 6 nitrogen and oxygen atoms in total. The minimum Gasteiger partial charge on any atom is -0.381 e. The maximum atomic E-state index is 12.3. The second kappa shape index (κ2) is 9.22. The number of nitrogens with one attached hydrogen (secondary N) is 2. The second-order valence-electron chi connectivity index (χ2n) is 5.85. The maximum Gasteiger partial charge on any atom is 0.237 e. The molecule has 24 heavy (non-hydrogen) atoms. The van der Waals surface area contributed by atoms with Crippen molar-refractivity contribution in [2.24, 2.45) is 11.7 Å². The van der Waals surface area contributed by atoms with E-state index < -0.39 is 6.04 Å². The van der Waals surface area contributed by atoms with Crippen LogP contribution in [0.1, 0.15) is 31.6 Å². The SMILES string of the molecule is CC(NC(=O)C(N)C1CCOCC1)c1nc2ccccc2[nH]1.Cl.Cl. The molecule has 0 spiro atoms. The predicted molar refractivity (Wildman–Crippen MR) is 98.7 cm³/mol. The quantitative estimate of drug-likeness (QED) is 0.765. The van der Waals surface area contributed by atoms with Crippen LogP contribution >= 0.6 is 24.8 Å². The number of carbonyl (C=O) groups is 1. The third-order valence-electron chi connectivity index (χ3n) is 4.25. The molecule has 134 valence electrons. The first-order chi connectivity index (χ1) is 10.6. The summed E-state index contributed by atoms with van der Waals surface area (Å²) >= 11 is 0. The fourth-order valence-corrected chi connectivity index (χ4v) is 2.84. The van der Waals surface area contributed by atoms with Crippen LogP contribution in [0.15, 0.2) is 24.3 Å². The fourth-order valence-electron chi connectivity index (χ4n) is 2.84. The van der Waals surface area contributed by atoms with E-state index in [0.717, 1.165) is 29.7 Å². The number of carbonyl (C=O) groups excluding carboxylic acids is 1. The molecular weight excluding hydrogens is 351 g/mol. The Morgan fingerprint density at radius 1 is 1.33 bits per heavy atom. The van der Waals surface area contributed by atoms with Gasteiger partial charge in [0.15, 0.2) is 0 Å². The number of ether oxygens (including phenoxy) is 1. The summed E-state index contributed by atoms with van der Waals surface area (Å²) < 4.78 is 5.31. The van der Waals surface area contributed by atoms with Crippen LogP contribution in [0.5, 0.6) is 0 Å². The number of amides is 1. The van der Waals surface area contributed by atoms with Crippen LogP contribution in [0.25, 0.3) is 11.0 Å². The van der Waals surface area contributed by atoms with E-state index in [9.17, 15) is 4.79 Å². The first-order valence-corrected chi connectivity index (χ1v) is 7.73. The van der Waals surface area contributed by atoms with Crippen molar-refractivity contribution in [3.8, 4) is 0 Å². The lowest BCUT2D eigenvalue weighted by Crippen LogP contribution is -2.47. The van der Waals surface area contributed by atoms with Gasteiger partial charge in [0.25, 0.3) is 0 Å². The minimum atomic E-state index is -0.490. The summed E-state index contributed by atoms with van der Waals surface area (Å²) in [5, 5.41) is 2.96. The zero-order valence-electron chi connectivity index (χ0n) is 13.5. The molecule has 4 N–H and O–H groups in total. The van der Waals surface area contributed by atoms with Gasteiger partial charge in [-0.05, 0) is 37.8 Å². The molecule has 2 unspecified atom stereocenters. The van der Waals surface area contributed by atoms with Crippen molar-refractivity contribution >= 4 is 41.8 Å². The lowest BCUT2D eigenvalue weighted by molar-refractivity contribution is -0.125. The average Bonchev–Trinajstić information content (AvgIpc) is 2.99. The van der Waals surface area contributed by atoms with Gasteiger partial charge in [0.2, 0.25) is 5.91 Å². The predicted octanol–water partition coefficient (Wildman–Crippen LogP) is 2.34. The number of nitrogens with zero attached hydrogens (tertiary/aromatic N) is 1. The highest BCUT2D eigenvalue weighted by atomic mass is 35.5. The number of H-pyrrole nitrogens is 1. The van der Waals surface area contributed by atoms with Crippen LogP contribution in [0.2, 0.25) is 0 Å². The Bertz CT molecular complexity index is 625. The highest BCUT2D eigenvalue weighted by Crippen LogP contribution is 2.19. The highest BCUT2D eigenvalue weighted by molar-refractivity contribution is 5.85. The standard InChI is InChI=1S/C16H22N4O2.2ClH/c1-10(15-19-12-4-2-3-5-13(12)20-15)18-16(21)14(17)11-6-8-22-9-7-11;;/h2-5,10-11,14H,6-9,17H2,1H3,(H,18,21)(H,19,20);2*1H. The van der Waals surface area contributed by atoms with Crippen LogP contribution in [0.3, 0.4) is 0 Å². The molecular formula is C16H24Cl2N4O2. The first-order valence-electron chi connectivity index (χ1n) is 7.73. The van der Waals surface area contributed by atoms with Crippen molar-refractivity contribution in [3.05, 3.63) is 30.1 Å². The molecule has 3 rings (SSSR count). The van der Waals surface area contributed by atoms with Crippen LogP contribution < -0.4 is 11.1 Å². The summed E-state index contributed by atoms with van der Waals surface area (Å²) in [5.41, 5.74) is 7.96. The van der Waals surface area contributed by atoms with E-state index in [1.54, 1.807) is 0 Å². The van der Waals surface area contributed by atoms with E-state index in [-0.39, 0.29) is 42.7 Å². The van der Waals surface area contributed by atoms with Crippen molar-refractivity contribution in [1.82, 2.24) is 15.3 Å². The number of aromatic amines is 1. The molecule has 2 heterocycles. The summed E-state index contributed by atoms with van der Waals surface area (Å²) in [6.45, 7) is 3.28. The summed E-state index contributed by atoms with van der Waals surface area (Å²) in [6.07, 6.45) is 1.68. The van der Waals surface area contributed by atoms with E-state index in [1.807, 2.05) is 31.2 Å². The number of nitrogens with two attached hydrogens (primary N) is 1. The van der Waals surface area contributed by atoms with Gasteiger partial charge in [-0.2, -0.15) is 0 Å². The van der Waals surface area contributed by atoms with Crippen LogP contribution in [0.4, 0.5) is 0 Å². The summed E-state index contributed by atoms with van der Waals surface area (Å²) in [6, 6.07) is 7.11. The van der Waals surface area contributed by atoms with Crippen molar-refractivity contribution in [2.75, 3.05) is 13.2 Å². The van der Waals surface area contributed by atoms with E-state index in [0.29, 0.717) is 13.2 Å².